The summed E-state index contributed by atoms with van der Waals surface area (Å²) >= 11 is 6.22. The largest absolute Gasteiger partial charge is 0.416 e. The molecule has 0 N–H and O–H groups in total. The number of aromatic nitrogens is 4. The van der Waals surface area contributed by atoms with Crippen LogP contribution in [0.5, 0.6) is 0 Å². The fraction of sp³-hybridized carbons (Fsp3) is 0.316. The van der Waals surface area contributed by atoms with E-state index in [1.165, 1.54) is 33.8 Å². The number of nitrogens with zero attached hydrogens (tertiary/aromatic N) is 4. The summed E-state index contributed by atoms with van der Waals surface area (Å²) in [5, 5.41) is 4.70. The summed E-state index contributed by atoms with van der Waals surface area (Å²) in [4.78, 5) is 16.9. The second-order valence-electron chi connectivity index (χ2n) is 6.54. The van der Waals surface area contributed by atoms with Crippen molar-refractivity contribution in [1.29, 1.82) is 0 Å². The zero-order chi connectivity index (χ0) is 20.5. The van der Waals surface area contributed by atoms with Crippen molar-refractivity contribution in [3.63, 3.8) is 0 Å². The fourth-order valence-corrected chi connectivity index (χ4v) is 2.92. The molecule has 0 aliphatic rings. The maximum atomic E-state index is 13.0. The number of halogens is 4. The second-order valence-corrected chi connectivity index (χ2v) is 6.94. The Balaban J connectivity index is 2.18. The van der Waals surface area contributed by atoms with Gasteiger partial charge < -0.3 is 0 Å². The Bertz CT molecular complexity index is 1020. The number of pyridine rings is 1. The first-order valence-corrected chi connectivity index (χ1v) is 9.07. The van der Waals surface area contributed by atoms with E-state index in [0.717, 1.165) is 18.6 Å². The molecule has 0 aliphatic heterocycles. The molecule has 0 aliphatic carbocycles. The van der Waals surface area contributed by atoms with Crippen molar-refractivity contribution in [2.24, 2.45) is 5.92 Å². The van der Waals surface area contributed by atoms with E-state index in [4.69, 9.17) is 11.6 Å². The highest BCUT2D eigenvalue weighted by Crippen LogP contribution is 2.31. The zero-order valence-corrected chi connectivity index (χ0v) is 16.0. The van der Waals surface area contributed by atoms with Crippen LogP contribution in [0.15, 0.2) is 47.5 Å². The van der Waals surface area contributed by atoms with Crippen molar-refractivity contribution in [3.8, 4) is 17.1 Å². The van der Waals surface area contributed by atoms with Crippen LogP contribution >= 0.6 is 11.6 Å². The van der Waals surface area contributed by atoms with Crippen LogP contribution in [-0.4, -0.2) is 19.3 Å². The summed E-state index contributed by atoms with van der Waals surface area (Å²) in [5.74, 6) is 0.454. The van der Waals surface area contributed by atoms with E-state index in [9.17, 15) is 18.0 Å². The van der Waals surface area contributed by atoms with E-state index in [1.807, 2.05) is 13.8 Å². The van der Waals surface area contributed by atoms with Crippen molar-refractivity contribution in [2.45, 2.75) is 33.0 Å². The molecule has 0 fully saturated rings. The number of hydrogen-bond donors (Lipinski definition) is 0. The molecule has 0 spiro atoms. The van der Waals surface area contributed by atoms with Crippen molar-refractivity contribution in [1.82, 2.24) is 19.3 Å². The summed E-state index contributed by atoms with van der Waals surface area (Å²) in [6.07, 6.45) is -0.672. The molecular weight excluding hydrogens is 393 g/mol. The zero-order valence-electron chi connectivity index (χ0n) is 15.2. The Hall–Kier alpha value is -2.61. The van der Waals surface area contributed by atoms with Crippen LogP contribution in [0, 0.1) is 5.92 Å². The number of hydrogen-bond acceptors (Lipinski definition) is 3. The first-order valence-electron chi connectivity index (χ1n) is 8.69. The standard InChI is InChI=1S/C19H18ClF3N4O/c1-3-12(2)11-26-18(28)27(14-6-4-13(5-7-14)19(21,22)23)17(25-26)15-8-9-24-10-16(15)20/h4-10,12H,3,11H2,1-2H3. The minimum Gasteiger partial charge on any atom is -0.263 e. The third kappa shape index (κ3) is 3.96. The van der Waals surface area contributed by atoms with Crippen LogP contribution in [0.1, 0.15) is 25.8 Å². The van der Waals surface area contributed by atoms with Crippen molar-refractivity contribution in [2.75, 3.05) is 0 Å². The van der Waals surface area contributed by atoms with Crippen LogP contribution in [0.2, 0.25) is 5.02 Å². The summed E-state index contributed by atoms with van der Waals surface area (Å²) < 4.78 is 41.2. The molecule has 5 nitrogen and oxygen atoms in total. The average Bonchev–Trinajstić information content (AvgIpc) is 2.97. The maximum Gasteiger partial charge on any atom is 0.416 e. The molecule has 3 rings (SSSR count). The molecule has 2 heterocycles. The molecule has 0 amide bonds. The highest BCUT2D eigenvalue weighted by molar-refractivity contribution is 6.33. The van der Waals surface area contributed by atoms with E-state index in [-0.39, 0.29) is 22.5 Å². The van der Waals surface area contributed by atoms with Gasteiger partial charge in [-0.2, -0.15) is 13.2 Å². The van der Waals surface area contributed by atoms with E-state index >= 15 is 0 Å². The van der Waals surface area contributed by atoms with Gasteiger partial charge in [-0.3, -0.25) is 4.98 Å². The van der Waals surface area contributed by atoms with Gasteiger partial charge in [-0.15, -0.1) is 5.10 Å². The van der Waals surface area contributed by atoms with Gasteiger partial charge in [0, 0.05) is 24.5 Å². The predicted octanol–water partition coefficient (Wildman–Crippen LogP) is 4.81. The molecule has 1 atom stereocenters. The van der Waals surface area contributed by atoms with Crippen molar-refractivity contribution < 1.29 is 13.2 Å². The fourth-order valence-electron chi connectivity index (χ4n) is 2.71. The lowest BCUT2D eigenvalue weighted by atomic mass is 10.1. The van der Waals surface area contributed by atoms with Gasteiger partial charge in [0.2, 0.25) is 0 Å². The molecule has 1 unspecified atom stereocenters. The minimum absolute atomic E-state index is 0.203. The monoisotopic (exact) mass is 410 g/mol. The van der Waals surface area contributed by atoms with Gasteiger partial charge in [0.25, 0.3) is 0 Å². The van der Waals surface area contributed by atoms with Gasteiger partial charge in [-0.05, 0) is 36.2 Å². The molecule has 0 bridgehead atoms. The van der Waals surface area contributed by atoms with Gasteiger partial charge in [0.05, 0.1) is 16.3 Å². The SMILES string of the molecule is CCC(C)Cn1nc(-c2ccncc2Cl)n(-c2ccc(C(F)(F)F)cc2)c1=O. The second kappa shape index (κ2) is 7.79. The van der Waals surface area contributed by atoms with Crippen LogP contribution in [0.25, 0.3) is 17.1 Å². The van der Waals surface area contributed by atoms with E-state index < -0.39 is 17.4 Å². The van der Waals surface area contributed by atoms with Gasteiger partial charge in [0.1, 0.15) is 0 Å². The summed E-state index contributed by atoms with van der Waals surface area (Å²) in [7, 11) is 0. The van der Waals surface area contributed by atoms with Crippen LogP contribution in [0.3, 0.4) is 0 Å². The third-order valence-corrected chi connectivity index (χ3v) is 4.79. The van der Waals surface area contributed by atoms with E-state index in [0.29, 0.717) is 12.1 Å². The molecule has 148 valence electrons. The molecular formula is C19H18ClF3N4O. The van der Waals surface area contributed by atoms with Crippen molar-refractivity contribution >= 4 is 11.6 Å². The number of benzene rings is 1. The summed E-state index contributed by atoms with van der Waals surface area (Å²) in [5.41, 5.74) is -0.490. The Kier molecular flexibility index (Phi) is 5.60. The lowest BCUT2D eigenvalue weighted by Gasteiger charge is -2.09. The smallest absolute Gasteiger partial charge is 0.263 e. The molecule has 2 aromatic heterocycles. The first-order chi connectivity index (χ1) is 13.2. The van der Waals surface area contributed by atoms with Crippen LogP contribution in [0.4, 0.5) is 13.2 Å². The van der Waals surface area contributed by atoms with E-state index in [2.05, 4.69) is 10.1 Å². The quantitative estimate of drug-likeness (QED) is 0.606. The van der Waals surface area contributed by atoms with Crippen LogP contribution < -0.4 is 5.69 Å². The Morgan fingerprint density at radius 3 is 2.43 bits per heavy atom. The normalized spacial score (nSPS) is 12.9. The highest BCUT2D eigenvalue weighted by Gasteiger charge is 2.30. The van der Waals surface area contributed by atoms with Gasteiger partial charge >= 0.3 is 11.9 Å². The Morgan fingerprint density at radius 1 is 1.18 bits per heavy atom. The lowest BCUT2D eigenvalue weighted by molar-refractivity contribution is -0.137. The molecule has 0 saturated carbocycles. The molecule has 9 heteroatoms. The predicted molar refractivity (Wildman–Crippen MR) is 101 cm³/mol. The Morgan fingerprint density at radius 2 is 1.86 bits per heavy atom. The van der Waals surface area contributed by atoms with Gasteiger partial charge in [-0.25, -0.2) is 14.0 Å². The maximum absolute atomic E-state index is 13.0. The lowest BCUT2D eigenvalue weighted by Crippen LogP contribution is -2.26. The van der Waals surface area contributed by atoms with Gasteiger partial charge in [0.15, 0.2) is 5.82 Å². The highest BCUT2D eigenvalue weighted by atomic mass is 35.5. The Labute approximate surface area is 164 Å². The number of alkyl halides is 3. The number of rotatable bonds is 5. The molecule has 1 aromatic carbocycles. The average molecular weight is 411 g/mol. The van der Waals surface area contributed by atoms with Gasteiger partial charge in [-0.1, -0.05) is 31.9 Å². The molecule has 0 radical (unpaired) electrons. The summed E-state index contributed by atoms with van der Waals surface area (Å²) in [6, 6.07) is 5.98. The van der Waals surface area contributed by atoms with E-state index in [1.54, 1.807) is 6.07 Å². The van der Waals surface area contributed by atoms with Crippen molar-refractivity contribution in [3.05, 3.63) is 63.8 Å². The molecule has 28 heavy (non-hydrogen) atoms. The topological polar surface area (TPSA) is 52.7 Å². The minimum atomic E-state index is -4.46. The first kappa shape index (κ1) is 20.1. The molecule has 0 saturated heterocycles. The third-order valence-electron chi connectivity index (χ3n) is 4.49. The molecule has 3 aromatic rings. The van der Waals surface area contributed by atoms with Crippen LogP contribution in [-0.2, 0) is 12.7 Å². The summed E-state index contributed by atoms with van der Waals surface area (Å²) in [6.45, 7) is 4.38.